The SMILES string of the molecule is CC[C@@H](C)NC(=O)[C@@H](C)N(Cc1cccc(Cl)c1)C(=O)COc1ccc2ccccc2c1Br. The minimum absolute atomic E-state index is 0.0212. The van der Waals surface area contributed by atoms with Crippen LogP contribution in [0.5, 0.6) is 5.75 Å². The Labute approximate surface area is 208 Å². The average molecular weight is 532 g/mol. The second kappa shape index (κ2) is 11.5. The molecule has 5 nitrogen and oxygen atoms in total. The molecule has 0 heterocycles. The van der Waals surface area contributed by atoms with Gasteiger partial charge in [0.15, 0.2) is 6.61 Å². The molecule has 2 amide bonds. The summed E-state index contributed by atoms with van der Waals surface area (Å²) in [5, 5.41) is 5.60. The highest BCUT2D eigenvalue weighted by atomic mass is 79.9. The molecule has 2 atom stereocenters. The summed E-state index contributed by atoms with van der Waals surface area (Å²) in [7, 11) is 0. The number of hydrogen-bond donors (Lipinski definition) is 1. The molecule has 0 spiro atoms. The zero-order valence-electron chi connectivity index (χ0n) is 19.0. The number of amides is 2. The van der Waals surface area contributed by atoms with Crippen molar-refractivity contribution in [1.29, 1.82) is 0 Å². The van der Waals surface area contributed by atoms with Crippen LogP contribution in [0.3, 0.4) is 0 Å². The molecular weight excluding hydrogens is 504 g/mol. The third kappa shape index (κ3) is 6.49. The quantitative estimate of drug-likeness (QED) is 0.370. The standard InChI is InChI=1S/C26H28BrClN2O3/c1-4-17(2)29-26(32)18(3)30(15-19-8-7-10-21(28)14-19)24(31)16-33-23-13-12-20-9-5-6-11-22(20)25(23)27/h5-14,17-18H,4,15-16H2,1-3H3,(H,29,32)/t17-,18-/m1/s1. The molecule has 0 unspecified atom stereocenters. The highest BCUT2D eigenvalue weighted by molar-refractivity contribution is 9.10. The third-order valence-corrected chi connectivity index (χ3v) is 6.64. The highest BCUT2D eigenvalue weighted by Crippen LogP contribution is 2.33. The van der Waals surface area contributed by atoms with E-state index in [0.29, 0.717) is 10.8 Å². The van der Waals surface area contributed by atoms with Crippen molar-refractivity contribution in [3.05, 3.63) is 75.7 Å². The third-order valence-electron chi connectivity index (χ3n) is 5.59. The topological polar surface area (TPSA) is 58.6 Å². The minimum atomic E-state index is -0.672. The van der Waals surface area contributed by atoms with Gasteiger partial charge in [-0.1, -0.05) is 61.0 Å². The zero-order valence-corrected chi connectivity index (χ0v) is 21.3. The molecule has 0 aliphatic carbocycles. The van der Waals surface area contributed by atoms with E-state index in [1.54, 1.807) is 19.1 Å². The Morgan fingerprint density at radius 2 is 1.85 bits per heavy atom. The van der Waals surface area contributed by atoms with Gasteiger partial charge in [0.25, 0.3) is 5.91 Å². The second-order valence-electron chi connectivity index (χ2n) is 8.03. The fraction of sp³-hybridized carbons (Fsp3) is 0.308. The van der Waals surface area contributed by atoms with Crippen molar-refractivity contribution in [3.63, 3.8) is 0 Å². The maximum atomic E-state index is 13.3. The molecule has 0 saturated carbocycles. The molecule has 0 radical (unpaired) electrons. The molecule has 0 aliphatic heterocycles. The van der Waals surface area contributed by atoms with Crippen LogP contribution in [0, 0.1) is 0 Å². The van der Waals surface area contributed by atoms with E-state index in [4.69, 9.17) is 16.3 Å². The van der Waals surface area contributed by atoms with Gasteiger partial charge in [0.1, 0.15) is 11.8 Å². The molecule has 7 heteroatoms. The Bertz CT molecular complexity index is 1140. The Balaban J connectivity index is 1.79. The van der Waals surface area contributed by atoms with Crippen LogP contribution in [0.15, 0.2) is 65.1 Å². The number of carbonyl (C=O) groups is 2. The van der Waals surface area contributed by atoms with E-state index >= 15 is 0 Å². The van der Waals surface area contributed by atoms with E-state index in [9.17, 15) is 9.59 Å². The second-order valence-corrected chi connectivity index (χ2v) is 9.26. The van der Waals surface area contributed by atoms with Crippen LogP contribution in [0.2, 0.25) is 5.02 Å². The van der Waals surface area contributed by atoms with Gasteiger partial charge < -0.3 is 15.0 Å². The monoisotopic (exact) mass is 530 g/mol. The van der Waals surface area contributed by atoms with E-state index in [1.165, 1.54) is 4.90 Å². The summed E-state index contributed by atoms with van der Waals surface area (Å²) in [6, 6.07) is 18.3. The van der Waals surface area contributed by atoms with Crippen molar-refractivity contribution in [2.24, 2.45) is 0 Å². The van der Waals surface area contributed by atoms with Gasteiger partial charge in [-0.05, 0) is 70.7 Å². The van der Waals surface area contributed by atoms with Gasteiger partial charge in [0, 0.05) is 17.6 Å². The molecule has 0 aliphatic rings. The molecule has 1 N–H and O–H groups in total. The summed E-state index contributed by atoms with van der Waals surface area (Å²) in [5.41, 5.74) is 0.839. The number of hydrogen-bond acceptors (Lipinski definition) is 3. The molecule has 33 heavy (non-hydrogen) atoms. The number of ether oxygens (including phenoxy) is 1. The van der Waals surface area contributed by atoms with E-state index in [-0.39, 0.29) is 31.0 Å². The molecule has 0 bridgehead atoms. The predicted molar refractivity (Wildman–Crippen MR) is 137 cm³/mol. The maximum Gasteiger partial charge on any atom is 0.261 e. The summed E-state index contributed by atoms with van der Waals surface area (Å²) < 4.78 is 6.67. The molecule has 0 fully saturated rings. The van der Waals surface area contributed by atoms with Gasteiger partial charge in [0.05, 0.1) is 4.47 Å². The van der Waals surface area contributed by atoms with Crippen molar-refractivity contribution < 1.29 is 14.3 Å². The van der Waals surface area contributed by atoms with Crippen LogP contribution in [0.25, 0.3) is 10.8 Å². The number of nitrogens with zero attached hydrogens (tertiary/aromatic N) is 1. The first-order valence-electron chi connectivity index (χ1n) is 10.9. The fourth-order valence-corrected chi connectivity index (χ4v) is 4.25. The summed E-state index contributed by atoms with van der Waals surface area (Å²) in [6.45, 7) is 5.72. The molecule has 0 saturated heterocycles. The first-order valence-corrected chi connectivity index (χ1v) is 12.1. The van der Waals surface area contributed by atoms with E-state index in [1.807, 2.05) is 62.4 Å². The largest absolute Gasteiger partial charge is 0.483 e. The van der Waals surface area contributed by atoms with Gasteiger partial charge in [0.2, 0.25) is 5.91 Å². The summed E-state index contributed by atoms with van der Waals surface area (Å²) in [6.07, 6.45) is 0.805. The van der Waals surface area contributed by atoms with Crippen LogP contribution in [0.4, 0.5) is 0 Å². The Hall–Kier alpha value is -2.57. The van der Waals surface area contributed by atoms with Crippen molar-refractivity contribution in [2.75, 3.05) is 6.61 Å². The normalized spacial score (nSPS) is 12.8. The smallest absolute Gasteiger partial charge is 0.261 e. The van der Waals surface area contributed by atoms with Gasteiger partial charge in [-0.25, -0.2) is 0 Å². The van der Waals surface area contributed by atoms with Crippen LogP contribution in [-0.2, 0) is 16.1 Å². The van der Waals surface area contributed by atoms with Crippen LogP contribution in [-0.4, -0.2) is 35.4 Å². The van der Waals surface area contributed by atoms with Crippen LogP contribution >= 0.6 is 27.5 Å². The first-order chi connectivity index (χ1) is 15.8. The Morgan fingerprint density at radius 1 is 1.09 bits per heavy atom. The van der Waals surface area contributed by atoms with Crippen LogP contribution < -0.4 is 10.1 Å². The van der Waals surface area contributed by atoms with Gasteiger partial charge in [-0.2, -0.15) is 0 Å². The lowest BCUT2D eigenvalue weighted by molar-refractivity contribution is -0.142. The molecule has 3 aromatic carbocycles. The van der Waals surface area contributed by atoms with Crippen molar-refractivity contribution in [3.8, 4) is 5.75 Å². The zero-order chi connectivity index (χ0) is 24.0. The van der Waals surface area contributed by atoms with E-state index < -0.39 is 6.04 Å². The fourth-order valence-electron chi connectivity index (χ4n) is 3.43. The average Bonchev–Trinajstić information content (AvgIpc) is 2.81. The van der Waals surface area contributed by atoms with Crippen LogP contribution in [0.1, 0.15) is 32.8 Å². The number of rotatable bonds is 9. The summed E-state index contributed by atoms with van der Waals surface area (Å²) >= 11 is 9.72. The Kier molecular flexibility index (Phi) is 8.75. The summed E-state index contributed by atoms with van der Waals surface area (Å²) in [5.74, 6) is 0.0786. The van der Waals surface area contributed by atoms with Crippen molar-refractivity contribution in [2.45, 2.75) is 45.8 Å². The molecular formula is C26H28BrClN2O3. The molecule has 3 aromatic rings. The lowest BCUT2D eigenvalue weighted by Crippen LogP contribution is -2.50. The van der Waals surface area contributed by atoms with Gasteiger partial charge >= 0.3 is 0 Å². The molecule has 0 aromatic heterocycles. The number of carbonyl (C=O) groups excluding carboxylic acids is 2. The molecule has 3 rings (SSSR count). The number of halogens is 2. The number of nitrogens with one attached hydrogen (secondary N) is 1. The first kappa shape index (κ1) is 25.1. The summed E-state index contributed by atoms with van der Waals surface area (Å²) in [4.78, 5) is 27.6. The maximum absolute atomic E-state index is 13.3. The molecule has 174 valence electrons. The lowest BCUT2D eigenvalue weighted by atomic mass is 10.1. The van der Waals surface area contributed by atoms with Gasteiger partial charge in [-0.3, -0.25) is 9.59 Å². The van der Waals surface area contributed by atoms with Gasteiger partial charge in [-0.15, -0.1) is 0 Å². The minimum Gasteiger partial charge on any atom is -0.483 e. The predicted octanol–water partition coefficient (Wildman–Crippen LogP) is 5.97. The lowest BCUT2D eigenvalue weighted by Gasteiger charge is -2.29. The number of fused-ring (bicyclic) bond motifs is 1. The van der Waals surface area contributed by atoms with E-state index in [2.05, 4.69) is 21.2 Å². The Morgan fingerprint density at radius 3 is 2.58 bits per heavy atom. The highest BCUT2D eigenvalue weighted by Gasteiger charge is 2.27. The van der Waals surface area contributed by atoms with Crippen molar-refractivity contribution >= 4 is 50.1 Å². The van der Waals surface area contributed by atoms with Crippen molar-refractivity contribution in [1.82, 2.24) is 10.2 Å². The number of benzene rings is 3. The van der Waals surface area contributed by atoms with E-state index in [0.717, 1.165) is 27.2 Å².